The van der Waals surface area contributed by atoms with Gasteiger partial charge in [-0.25, -0.2) is 0 Å². The van der Waals surface area contributed by atoms with Crippen molar-refractivity contribution >= 4 is 39.1 Å². The monoisotopic (exact) mass is 342 g/mol. The Kier molecular flexibility index (Phi) is 4.14. The molecule has 1 aliphatic rings. The number of primary amides is 1. The van der Waals surface area contributed by atoms with E-state index in [0.717, 1.165) is 29.5 Å². The van der Waals surface area contributed by atoms with Crippen LogP contribution in [0.1, 0.15) is 12.8 Å². The number of halogens is 2. The maximum absolute atomic E-state index is 11.7. The van der Waals surface area contributed by atoms with Crippen LogP contribution in [0.5, 0.6) is 0 Å². The minimum Gasteiger partial charge on any atom is -0.364 e. The lowest BCUT2D eigenvalue weighted by Gasteiger charge is -2.36. The molecule has 1 fully saturated rings. The third-order valence-corrected chi connectivity index (χ3v) is 4.94. The van der Waals surface area contributed by atoms with Gasteiger partial charge in [-0.1, -0.05) is 11.6 Å². The molecule has 2 N–H and O–H groups in total. The molecular weight excluding hydrogens is 330 g/mol. The Morgan fingerprint density at radius 1 is 1.63 bits per heavy atom. The van der Waals surface area contributed by atoms with Crippen molar-refractivity contribution in [1.29, 1.82) is 5.26 Å². The fourth-order valence-electron chi connectivity index (χ4n) is 2.83. The smallest absolute Gasteiger partial charge is 0.276 e. The molecule has 0 bridgehead atoms. The maximum Gasteiger partial charge on any atom is 0.276 e. The maximum atomic E-state index is 11.7. The second-order valence-corrected chi connectivity index (χ2v) is 5.99. The number of hydrogen-bond acceptors (Lipinski definition) is 2. The van der Waals surface area contributed by atoms with Gasteiger partial charge in [0.1, 0.15) is 11.8 Å². The Balaban J connectivity index is 2.52. The number of amides is 1. The second-order valence-electron chi connectivity index (χ2n) is 4.73. The molecule has 0 aromatic heterocycles. The first-order valence-electron chi connectivity index (χ1n) is 6.00. The van der Waals surface area contributed by atoms with Crippen molar-refractivity contribution in [2.75, 3.05) is 13.1 Å². The fourth-order valence-corrected chi connectivity index (χ4v) is 3.32. The molecule has 1 aliphatic heterocycles. The molecule has 0 spiro atoms. The standard InChI is InChI=1S/C13H13BrClN3O/c14-10-8-9(3-4-11(10)15)18(7-5-16)6-1-2-12(18)13(17)19/h3-4,8,12H,1-2,6-7H2,(H-,17,19)/p+1/t12-,18?/m1/s1. The molecule has 0 saturated carbocycles. The molecule has 19 heavy (non-hydrogen) atoms. The Labute approximate surface area is 125 Å². The van der Waals surface area contributed by atoms with Crippen molar-refractivity contribution in [3.63, 3.8) is 0 Å². The first kappa shape index (κ1) is 14.3. The summed E-state index contributed by atoms with van der Waals surface area (Å²) in [5.74, 6) is -0.348. The Morgan fingerprint density at radius 3 is 2.95 bits per heavy atom. The summed E-state index contributed by atoms with van der Waals surface area (Å²) in [4.78, 5) is 11.7. The van der Waals surface area contributed by atoms with Gasteiger partial charge in [-0.15, -0.1) is 0 Å². The lowest BCUT2D eigenvalue weighted by Crippen LogP contribution is -2.58. The van der Waals surface area contributed by atoms with Gasteiger partial charge >= 0.3 is 0 Å². The van der Waals surface area contributed by atoms with Crippen LogP contribution >= 0.6 is 27.5 Å². The predicted molar refractivity (Wildman–Crippen MR) is 78.5 cm³/mol. The van der Waals surface area contributed by atoms with Crippen molar-refractivity contribution in [1.82, 2.24) is 4.48 Å². The summed E-state index contributed by atoms with van der Waals surface area (Å²) in [6.45, 7) is 0.983. The lowest BCUT2D eigenvalue weighted by atomic mass is 10.1. The van der Waals surface area contributed by atoms with Gasteiger partial charge in [-0.3, -0.25) is 9.28 Å². The van der Waals surface area contributed by atoms with E-state index in [9.17, 15) is 4.79 Å². The third kappa shape index (κ3) is 2.48. The number of likely N-dealkylation sites (tertiary alicyclic amines) is 1. The number of carbonyl (C=O) groups is 1. The van der Waals surface area contributed by atoms with Gasteiger partial charge in [0.25, 0.3) is 5.91 Å². The summed E-state index contributed by atoms with van der Waals surface area (Å²) in [5, 5.41) is 9.73. The molecule has 4 nitrogen and oxygen atoms in total. The van der Waals surface area contributed by atoms with E-state index >= 15 is 0 Å². The number of nitrogens with two attached hydrogens (primary N) is 1. The van der Waals surface area contributed by atoms with Gasteiger partial charge in [0.15, 0.2) is 12.6 Å². The summed E-state index contributed by atoms with van der Waals surface area (Å²) < 4.78 is 1.07. The van der Waals surface area contributed by atoms with Crippen LogP contribution in [0.15, 0.2) is 22.7 Å². The summed E-state index contributed by atoms with van der Waals surface area (Å²) in [6.07, 6.45) is 1.60. The lowest BCUT2D eigenvalue weighted by molar-refractivity contribution is -0.121. The molecule has 2 atom stereocenters. The van der Waals surface area contributed by atoms with E-state index in [2.05, 4.69) is 22.0 Å². The SMILES string of the molecule is N#CC[N+]1(c2ccc(Cl)c(Br)c2)CCC[C@@H]1C(N)=O. The van der Waals surface area contributed by atoms with E-state index in [1.54, 1.807) is 6.07 Å². The summed E-state index contributed by atoms with van der Waals surface area (Å²) in [5.41, 5.74) is 6.41. The number of nitrogens with zero attached hydrogens (tertiary/aromatic N) is 2. The Morgan fingerprint density at radius 2 is 2.37 bits per heavy atom. The first-order valence-corrected chi connectivity index (χ1v) is 7.17. The molecular formula is C13H14BrClN3O+. The zero-order valence-electron chi connectivity index (χ0n) is 10.3. The molecule has 6 heteroatoms. The Hall–Kier alpha value is -1.09. The van der Waals surface area contributed by atoms with E-state index < -0.39 is 0 Å². The minimum absolute atomic E-state index is 0.238. The highest BCUT2D eigenvalue weighted by atomic mass is 79.9. The average molecular weight is 344 g/mol. The van der Waals surface area contributed by atoms with E-state index in [1.807, 2.05) is 12.1 Å². The second kappa shape index (κ2) is 5.49. The summed E-state index contributed by atoms with van der Waals surface area (Å²) in [6, 6.07) is 7.36. The van der Waals surface area contributed by atoms with Crippen LogP contribution in [-0.4, -0.2) is 25.0 Å². The van der Waals surface area contributed by atoms with Crippen LogP contribution in [0.25, 0.3) is 0 Å². The van der Waals surface area contributed by atoms with E-state index in [1.165, 1.54) is 0 Å². The molecule has 2 rings (SSSR count). The first-order chi connectivity index (χ1) is 9.01. The number of quaternary nitrogens is 1. The average Bonchev–Trinajstić information content (AvgIpc) is 2.78. The highest BCUT2D eigenvalue weighted by molar-refractivity contribution is 9.10. The van der Waals surface area contributed by atoms with Gasteiger partial charge in [-0.05, 0) is 22.0 Å². The molecule has 0 radical (unpaired) electrons. The highest BCUT2D eigenvalue weighted by Gasteiger charge is 2.47. The number of hydrogen-bond donors (Lipinski definition) is 1. The predicted octanol–water partition coefficient (Wildman–Crippen LogP) is 2.58. The zero-order chi connectivity index (χ0) is 14.0. The molecule has 1 unspecified atom stereocenters. The molecule has 1 heterocycles. The van der Waals surface area contributed by atoms with Crippen molar-refractivity contribution in [2.45, 2.75) is 18.9 Å². The van der Waals surface area contributed by atoms with E-state index in [4.69, 9.17) is 22.6 Å². The van der Waals surface area contributed by atoms with Crippen molar-refractivity contribution in [3.05, 3.63) is 27.7 Å². The van der Waals surface area contributed by atoms with Crippen LogP contribution in [0.2, 0.25) is 5.02 Å². The van der Waals surface area contributed by atoms with E-state index in [-0.39, 0.29) is 18.5 Å². The fraction of sp³-hybridized carbons (Fsp3) is 0.385. The summed E-state index contributed by atoms with van der Waals surface area (Å²) >= 11 is 9.38. The minimum atomic E-state index is -0.348. The van der Waals surface area contributed by atoms with Crippen molar-refractivity contribution in [2.24, 2.45) is 5.73 Å². The van der Waals surface area contributed by atoms with Crippen LogP contribution < -0.4 is 10.2 Å². The molecule has 0 aliphatic carbocycles. The van der Waals surface area contributed by atoms with Crippen molar-refractivity contribution < 1.29 is 4.79 Å². The molecule has 1 aromatic rings. The largest absolute Gasteiger partial charge is 0.364 e. The topological polar surface area (TPSA) is 66.9 Å². The van der Waals surface area contributed by atoms with E-state index in [0.29, 0.717) is 9.51 Å². The van der Waals surface area contributed by atoms with Gasteiger partial charge in [0.05, 0.1) is 11.6 Å². The summed E-state index contributed by atoms with van der Waals surface area (Å²) in [7, 11) is 0. The van der Waals surface area contributed by atoms with Crippen LogP contribution in [0.4, 0.5) is 5.69 Å². The van der Waals surface area contributed by atoms with Gasteiger partial charge < -0.3 is 5.73 Å². The quantitative estimate of drug-likeness (QED) is 0.677. The number of benzene rings is 1. The normalized spacial score (nSPS) is 26.1. The van der Waals surface area contributed by atoms with Crippen LogP contribution in [-0.2, 0) is 4.79 Å². The Bertz CT molecular complexity index is 557. The third-order valence-electron chi connectivity index (χ3n) is 3.73. The van der Waals surface area contributed by atoms with Gasteiger partial charge in [0.2, 0.25) is 0 Å². The van der Waals surface area contributed by atoms with Gasteiger partial charge in [0, 0.05) is 29.4 Å². The highest BCUT2D eigenvalue weighted by Crippen LogP contribution is 2.37. The van der Waals surface area contributed by atoms with Crippen molar-refractivity contribution in [3.8, 4) is 6.07 Å². The molecule has 1 saturated heterocycles. The zero-order valence-corrected chi connectivity index (χ0v) is 12.6. The molecule has 100 valence electrons. The van der Waals surface area contributed by atoms with Crippen LogP contribution in [0.3, 0.4) is 0 Å². The number of carbonyl (C=O) groups excluding carboxylic acids is 1. The molecule has 1 aromatic carbocycles. The van der Waals surface area contributed by atoms with Gasteiger partial charge in [-0.2, -0.15) is 5.26 Å². The number of nitriles is 1. The molecule has 1 amide bonds. The number of rotatable bonds is 3. The van der Waals surface area contributed by atoms with Crippen LogP contribution in [0, 0.1) is 11.3 Å².